The van der Waals surface area contributed by atoms with Crippen molar-refractivity contribution >= 4 is 29.9 Å². The molecule has 0 spiro atoms. The molecular formula is C18H27IN4O. The van der Waals surface area contributed by atoms with Crippen LogP contribution in [0, 0.1) is 0 Å². The van der Waals surface area contributed by atoms with E-state index < -0.39 is 0 Å². The summed E-state index contributed by atoms with van der Waals surface area (Å²) in [4.78, 5) is 8.90. The predicted octanol–water partition coefficient (Wildman–Crippen LogP) is 3.85. The highest BCUT2D eigenvalue weighted by atomic mass is 127. The highest BCUT2D eigenvalue weighted by molar-refractivity contribution is 14.0. The Labute approximate surface area is 161 Å². The lowest BCUT2D eigenvalue weighted by atomic mass is 9.94. The fourth-order valence-electron chi connectivity index (χ4n) is 1.99. The van der Waals surface area contributed by atoms with E-state index in [9.17, 15) is 0 Å². The van der Waals surface area contributed by atoms with Crippen LogP contribution in [0.15, 0.2) is 45.9 Å². The molecule has 0 aliphatic rings. The number of aliphatic imine (C=N–C) groups is 1. The average Bonchev–Trinajstić information content (AvgIpc) is 3.00. The summed E-state index contributed by atoms with van der Waals surface area (Å²) >= 11 is 0. The van der Waals surface area contributed by atoms with Crippen molar-refractivity contribution < 1.29 is 4.42 Å². The Hall–Kier alpha value is -1.57. The van der Waals surface area contributed by atoms with Crippen molar-refractivity contribution in [3.63, 3.8) is 0 Å². The van der Waals surface area contributed by atoms with Gasteiger partial charge in [0.2, 0.25) is 5.89 Å². The molecule has 2 N–H and O–H groups in total. The normalized spacial score (nSPS) is 11.8. The monoisotopic (exact) mass is 442 g/mol. The van der Waals surface area contributed by atoms with Crippen LogP contribution in [0.3, 0.4) is 0 Å². The van der Waals surface area contributed by atoms with Crippen molar-refractivity contribution in [2.45, 2.75) is 46.2 Å². The van der Waals surface area contributed by atoms with Gasteiger partial charge in [-0.05, 0) is 12.5 Å². The molecule has 0 aliphatic carbocycles. The Balaban J connectivity index is 0.00000288. The molecular weight excluding hydrogens is 415 g/mol. The third kappa shape index (κ3) is 6.51. The molecule has 2 rings (SSSR count). The Bertz CT molecular complexity index is 632. The summed E-state index contributed by atoms with van der Waals surface area (Å²) in [5.41, 5.74) is 1.15. The second-order valence-corrected chi connectivity index (χ2v) is 6.40. The lowest BCUT2D eigenvalue weighted by molar-refractivity contribution is 0.379. The topological polar surface area (TPSA) is 62.5 Å². The standard InChI is InChI=1S/C18H26N4O.HI/c1-5-19-17(21-11-14-9-7-6-8-10-14)22-13-16-20-12-15(23-16)18(2,3)4;/h6-10,12H,5,11,13H2,1-4H3,(H2,19,21,22);1H. The first kappa shape index (κ1) is 20.5. The molecule has 0 unspecified atom stereocenters. The van der Waals surface area contributed by atoms with Crippen molar-refractivity contribution in [3.05, 3.63) is 53.7 Å². The van der Waals surface area contributed by atoms with Gasteiger partial charge < -0.3 is 15.1 Å². The van der Waals surface area contributed by atoms with Crippen molar-refractivity contribution in [2.75, 3.05) is 6.54 Å². The van der Waals surface area contributed by atoms with E-state index >= 15 is 0 Å². The molecule has 1 heterocycles. The summed E-state index contributed by atoms with van der Waals surface area (Å²) in [6.45, 7) is 10.3. The fraction of sp³-hybridized carbons (Fsp3) is 0.444. The summed E-state index contributed by atoms with van der Waals surface area (Å²) in [5.74, 6) is 2.31. The number of oxazole rings is 1. The Morgan fingerprint density at radius 2 is 1.88 bits per heavy atom. The third-order valence-corrected chi connectivity index (χ3v) is 3.31. The number of benzene rings is 1. The number of halogens is 1. The van der Waals surface area contributed by atoms with Gasteiger partial charge in [-0.1, -0.05) is 51.1 Å². The summed E-state index contributed by atoms with van der Waals surface area (Å²) in [6.07, 6.45) is 1.80. The van der Waals surface area contributed by atoms with Crippen LogP contribution in [0.4, 0.5) is 0 Å². The number of aromatic nitrogens is 1. The molecule has 0 atom stereocenters. The second kappa shape index (κ2) is 9.66. The van der Waals surface area contributed by atoms with E-state index in [0.717, 1.165) is 18.3 Å². The molecule has 2 aromatic rings. The van der Waals surface area contributed by atoms with Crippen molar-refractivity contribution in [3.8, 4) is 0 Å². The maximum absolute atomic E-state index is 5.78. The van der Waals surface area contributed by atoms with Gasteiger partial charge in [0.1, 0.15) is 5.76 Å². The Kier molecular flexibility index (Phi) is 8.24. The molecule has 0 amide bonds. The van der Waals surface area contributed by atoms with Gasteiger partial charge >= 0.3 is 0 Å². The first-order valence-electron chi connectivity index (χ1n) is 8.00. The second-order valence-electron chi connectivity index (χ2n) is 6.40. The molecule has 0 saturated carbocycles. The molecule has 0 saturated heterocycles. The Morgan fingerprint density at radius 1 is 1.17 bits per heavy atom. The van der Waals surface area contributed by atoms with Crippen LogP contribution < -0.4 is 10.6 Å². The Morgan fingerprint density at radius 3 is 2.46 bits per heavy atom. The smallest absolute Gasteiger partial charge is 0.213 e. The molecule has 0 bridgehead atoms. The zero-order valence-corrected chi connectivity index (χ0v) is 17.1. The van der Waals surface area contributed by atoms with Gasteiger partial charge in [0.15, 0.2) is 5.96 Å². The van der Waals surface area contributed by atoms with Gasteiger partial charge in [0.05, 0.1) is 19.3 Å². The highest BCUT2D eigenvalue weighted by Crippen LogP contribution is 2.22. The van der Waals surface area contributed by atoms with Gasteiger partial charge in [-0.2, -0.15) is 0 Å². The lowest BCUT2D eigenvalue weighted by Crippen LogP contribution is -2.36. The van der Waals surface area contributed by atoms with Crippen LogP contribution in [-0.2, 0) is 18.5 Å². The summed E-state index contributed by atoms with van der Waals surface area (Å²) in [5, 5.41) is 6.48. The largest absolute Gasteiger partial charge is 0.443 e. The van der Waals surface area contributed by atoms with Gasteiger partial charge in [0, 0.05) is 12.0 Å². The molecule has 24 heavy (non-hydrogen) atoms. The van der Waals surface area contributed by atoms with Crippen LogP contribution >= 0.6 is 24.0 Å². The summed E-state index contributed by atoms with van der Waals surface area (Å²) < 4.78 is 5.78. The summed E-state index contributed by atoms with van der Waals surface area (Å²) in [6, 6.07) is 10.2. The maximum Gasteiger partial charge on any atom is 0.213 e. The minimum atomic E-state index is -0.0306. The zero-order valence-electron chi connectivity index (χ0n) is 14.8. The van der Waals surface area contributed by atoms with Gasteiger partial charge in [0.25, 0.3) is 0 Å². The molecule has 5 nitrogen and oxygen atoms in total. The van der Waals surface area contributed by atoms with Crippen LogP contribution in [0.2, 0.25) is 0 Å². The predicted molar refractivity (Wildman–Crippen MR) is 109 cm³/mol. The molecule has 0 aliphatic heterocycles. The van der Waals surface area contributed by atoms with E-state index in [0.29, 0.717) is 19.0 Å². The van der Waals surface area contributed by atoms with E-state index in [1.807, 2.05) is 25.1 Å². The molecule has 132 valence electrons. The van der Waals surface area contributed by atoms with Crippen LogP contribution in [0.1, 0.15) is 44.9 Å². The quantitative estimate of drug-likeness (QED) is 0.420. The maximum atomic E-state index is 5.78. The van der Waals surface area contributed by atoms with Crippen LogP contribution in [-0.4, -0.2) is 17.5 Å². The zero-order chi connectivity index (χ0) is 16.7. The van der Waals surface area contributed by atoms with E-state index in [1.165, 1.54) is 5.56 Å². The molecule has 1 aromatic carbocycles. The number of rotatable bonds is 5. The average molecular weight is 442 g/mol. The number of hydrogen-bond acceptors (Lipinski definition) is 3. The van der Waals surface area contributed by atoms with Gasteiger partial charge in [-0.15, -0.1) is 24.0 Å². The molecule has 6 heteroatoms. The van der Waals surface area contributed by atoms with Crippen molar-refractivity contribution in [1.82, 2.24) is 15.6 Å². The van der Waals surface area contributed by atoms with Crippen molar-refractivity contribution in [1.29, 1.82) is 0 Å². The molecule has 0 radical (unpaired) electrons. The number of nitrogens with one attached hydrogen (secondary N) is 2. The number of guanidine groups is 1. The van der Waals surface area contributed by atoms with Crippen LogP contribution in [0.25, 0.3) is 0 Å². The van der Waals surface area contributed by atoms with E-state index in [-0.39, 0.29) is 29.4 Å². The first-order valence-corrected chi connectivity index (χ1v) is 8.00. The lowest BCUT2D eigenvalue weighted by Gasteiger charge is -2.13. The van der Waals surface area contributed by atoms with E-state index in [2.05, 4.69) is 53.5 Å². The number of hydrogen-bond donors (Lipinski definition) is 2. The summed E-state index contributed by atoms with van der Waals surface area (Å²) in [7, 11) is 0. The van der Waals surface area contributed by atoms with Gasteiger partial charge in [-0.3, -0.25) is 0 Å². The van der Waals surface area contributed by atoms with Gasteiger partial charge in [-0.25, -0.2) is 9.98 Å². The fourth-order valence-corrected chi connectivity index (χ4v) is 1.99. The van der Waals surface area contributed by atoms with Crippen LogP contribution in [0.5, 0.6) is 0 Å². The third-order valence-electron chi connectivity index (χ3n) is 3.31. The minimum absolute atomic E-state index is 0. The number of nitrogens with zero attached hydrogens (tertiary/aromatic N) is 2. The van der Waals surface area contributed by atoms with E-state index in [1.54, 1.807) is 6.20 Å². The highest BCUT2D eigenvalue weighted by Gasteiger charge is 2.19. The minimum Gasteiger partial charge on any atom is -0.443 e. The van der Waals surface area contributed by atoms with E-state index in [4.69, 9.17) is 4.42 Å². The first-order chi connectivity index (χ1) is 11.0. The van der Waals surface area contributed by atoms with Crippen molar-refractivity contribution in [2.24, 2.45) is 4.99 Å². The molecule has 1 aromatic heterocycles. The SMILES string of the molecule is CCNC(=NCc1ccccc1)NCc1ncc(C(C)(C)C)o1.I. The molecule has 0 fully saturated rings.